The molecule has 0 aliphatic rings. The summed E-state index contributed by atoms with van der Waals surface area (Å²) < 4.78 is 0. The predicted molar refractivity (Wildman–Crippen MR) is 34.3 cm³/mol. The van der Waals surface area contributed by atoms with Gasteiger partial charge in [-0.2, -0.15) is 5.26 Å². The van der Waals surface area contributed by atoms with Crippen LogP contribution in [-0.2, 0) is 9.68 Å². The minimum Gasteiger partial charge on any atom is -0.393 e. The Kier molecular flexibility index (Phi) is 4.88. The minimum absolute atomic E-state index is 0.154. The second-order valence-electron chi connectivity index (χ2n) is 2.20. The molecule has 0 heterocycles. The van der Waals surface area contributed by atoms with E-state index in [0.29, 0.717) is 12.8 Å². The van der Waals surface area contributed by atoms with Crippen molar-refractivity contribution in [1.29, 1.82) is 0 Å². The summed E-state index contributed by atoms with van der Waals surface area (Å²) in [6.45, 7) is 1.64. The molecule has 0 fully saturated rings. The van der Waals surface area contributed by atoms with Crippen LogP contribution in [-0.4, -0.2) is 22.4 Å². The fourth-order valence-electron chi connectivity index (χ4n) is 0.587. The number of hydrogen-bond donors (Lipinski definition) is 2. The molecule has 4 heteroatoms. The molecule has 0 aliphatic carbocycles. The highest BCUT2D eigenvalue weighted by atomic mass is 17.1. The lowest BCUT2D eigenvalue weighted by Crippen LogP contribution is -2.04. The summed E-state index contributed by atoms with van der Waals surface area (Å²) in [6, 6.07) is 0. The molecule has 0 aliphatic heterocycles. The predicted octanol–water partition coefficient (Wildman–Crippen LogP) is 0.554. The zero-order chi connectivity index (χ0) is 7.98. The molecule has 0 bridgehead atoms. The Morgan fingerprint density at radius 3 is 2.70 bits per heavy atom. The zero-order valence-corrected chi connectivity index (χ0v) is 5.91. The largest absolute Gasteiger partial charge is 0.393 e. The van der Waals surface area contributed by atoms with Crippen molar-refractivity contribution in [3.8, 4) is 0 Å². The van der Waals surface area contributed by atoms with Gasteiger partial charge in [-0.15, -0.1) is 0 Å². The van der Waals surface area contributed by atoms with Crippen molar-refractivity contribution in [2.75, 3.05) is 0 Å². The van der Waals surface area contributed by atoms with Gasteiger partial charge in [0, 0.05) is 6.42 Å². The lowest BCUT2D eigenvalue weighted by atomic mass is 10.2. The van der Waals surface area contributed by atoms with Gasteiger partial charge in [0.05, 0.1) is 6.10 Å². The molecule has 0 amide bonds. The topological polar surface area (TPSA) is 66.8 Å². The van der Waals surface area contributed by atoms with Crippen LogP contribution in [0.25, 0.3) is 0 Å². The normalized spacial score (nSPS) is 12.7. The van der Waals surface area contributed by atoms with Gasteiger partial charge in [-0.1, -0.05) is 0 Å². The monoisotopic (exact) mass is 148 g/mol. The summed E-state index contributed by atoms with van der Waals surface area (Å²) in [5.41, 5.74) is 0. The van der Waals surface area contributed by atoms with Gasteiger partial charge >= 0.3 is 5.97 Å². The molecule has 2 N–H and O–H groups in total. The second-order valence-corrected chi connectivity index (χ2v) is 2.20. The molecular formula is C6H12O4. The number of carbonyl (C=O) groups excluding carboxylic acids is 1. The summed E-state index contributed by atoms with van der Waals surface area (Å²) in [5.74, 6) is -0.652. The van der Waals surface area contributed by atoms with Crippen molar-refractivity contribution in [2.45, 2.75) is 32.3 Å². The van der Waals surface area contributed by atoms with E-state index >= 15 is 0 Å². The lowest BCUT2D eigenvalue weighted by Gasteiger charge is -2.00. The molecule has 0 spiro atoms. The highest BCUT2D eigenvalue weighted by Gasteiger charge is 2.02. The van der Waals surface area contributed by atoms with Crippen LogP contribution in [0.4, 0.5) is 0 Å². The standard InChI is InChI=1S/C6H12O4/c1-5(7)3-2-4-6(8)10-9/h5,7,9H,2-4H2,1H3. The quantitative estimate of drug-likeness (QED) is 0.451. The lowest BCUT2D eigenvalue weighted by molar-refractivity contribution is -0.234. The third-order valence-corrected chi connectivity index (χ3v) is 1.10. The maximum absolute atomic E-state index is 10.2. The fourth-order valence-corrected chi connectivity index (χ4v) is 0.587. The molecule has 0 saturated heterocycles. The van der Waals surface area contributed by atoms with Crippen LogP contribution in [0.15, 0.2) is 0 Å². The molecule has 0 saturated carbocycles. The Morgan fingerprint density at radius 1 is 1.70 bits per heavy atom. The van der Waals surface area contributed by atoms with Crippen LogP contribution < -0.4 is 0 Å². The van der Waals surface area contributed by atoms with Gasteiger partial charge in [0.1, 0.15) is 0 Å². The van der Waals surface area contributed by atoms with Crippen LogP contribution in [0, 0.1) is 0 Å². The number of aliphatic hydroxyl groups excluding tert-OH is 1. The van der Waals surface area contributed by atoms with Crippen molar-refractivity contribution in [3.05, 3.63) is 0 Å². The van der Waals surface area contributed by atoms with Crippen LogP contribution >= 0.6 is 0 Å². The van der Waals surface area contributed by atoms with Gasteiger partial charge < -0.3 is 9.99 Å². The Hall–Kier alpha value is -0.610. The van der Waals surface area contributed by atoms with E-state index in [1.54, 1.807) is 6.92 Å². The number of rotatable bonds is 4. The highest BCUT2D eigenvalue weighted by molar-refractivity contribution is 5.68. The van der Waals surface area contributed by atoms with Gasteiger partial charge in [0.25, 0.3) is 0 Å². The first kappa shape index (κ1) is 9.39. The van der Waals surface area contributed by atoms with Crippen LogP contribution in [0.5, 0.6) is 0 Å². The fraction of sp³-hybridized carbons (Fsp3) is 0.833. The number of hydrogen-bond acceptors (Lipinski definition) is 4. The number of carbonyl (C=O) groups is 1. The van der Waals surface area contributed by atoms with E-state index in [9.17, 15) is 4.79 Å². The SMILES string of the molecule is CC(O)CCCC(=O)OO. The van der Waals surface area contributed by atoms with E-state index < -0.39 is 12.1 Å². The summed E-state index contributed by atoms with van der Waals surface area (Å²) in [6.07, 6.45) is 0.847. The first-order valence-electron chi connectivity index (χ1n) is 3.19. The van der Waals surface area contributed by atoms with E-state index in [2.05, 4.69) is 4.89 Å². The molecule has 1 atom stereocenters. The molecule has 0 aromatic heterocycles. The smallest absolute Gasteiger partial charge is 0.342 e. The molecule has 4 nitrogen and oxygen atoms in total. The average Bonchev–Trinajstić information content (AvgIpc) is 1.87. The second kappa shape index (κ2) is 5.20. The average molecular weight is 148 g/mol. The Balaban J connectivity index is 3.12. The van der Waals surface area contributed by atoms with E-state index in [4.69, 9.17) is 10.4 Å². The Labute approximate surface area is 59.4 Å². The molecule has 0 radical (unpaired) electrons. The van der Waals surface area contributed by atoms with Crippen LogP contribution in [0.2, 0.25) is 0 Å². The highest BCUT2D eigenvalue weighted by Crippen LogP contribution is 2.00. The molecular weight excluding hydrogens is 136 g/mol. The Morgan fingerprint density at radius 2 is 2.30 bits per heavy atom. The summed E-state index contributed by atoms with van der Waals surface area (Å²) in [5, 5.41) is 16.5. The van der Waals surface area contributed by atoms with Gasteiger partial charge in [0.2, 0.25) is 0 Å². The summed E-state index contributed by atoms with van der Waals surface area (Å²) >= 11 is 0. The molecule has 60 valence electrons. The zero-order valence-electron chi connectivity index (χ0n) is 5.91. The molecule has 10 heavy (non-hydrogen) atoms. The van der Waals surface area contributed by atoms with Crippen molar-refractivity contribution < 1.29 is 20.0 Å². The molecule has 0 aromatic rings. The van der Waals surface area contributed by atoms with Gasteiger partial charge in [0.15, 0.2) is 0 Å². The summed E-state index contributed by atoms with van der Waals surface area (Å²) in [7, 11) is 0. The van der Waals surface area contributed by atoms with E-state index in [-0.39, 0.29) is 6.42 Å². The van der Waals surface area contributed by atoms with Crippen molar-refractivity contribution in [2.24, 2.45) is 0 Å². The third-order valence-electron chi connectivity index (χ3n) is 1.10. The number of aliphatic hydroxyl groups is 1. The maximum Gasteiger partial charge on any atom is 0.342 e. The Bertz CT molecular complexity index is 99.9. The molecule has 0 rings (SSSR count). The maximum atomic E-state index is 10.2. The third kappa shape index (κ3) is 5.53. The molecule has 0 aromatic carbocycles. The van der Waals surface area contributed by atoms with Gasteiger partial charge in [-0.25, -0.2) is 4.79 Å². The minimum atomic E-state index is -0.652. The van der Waals surface area contributed by atoms with E-state index in [1.807, 2.05) is 0 Å². The first-order chi connectivity index (χ1) is 4.66. The van der Waals surface area contributed by atoms with Crippen molar-refractivity contribution >= 4 is 5.97 Å². The molecule has 1 unspecified atom stereocenters. The van der Waals surface area contributed by atoms with E-state index in [0.717, 1.165) is 0 Å². The van der Waals surface area contributed by atoms with Crippen LogP contribution in [0.3, 0.4) is 0 Å². The van der Waals surface area contributed by atoms with Gasteiger partial charge in [-0.3, -0.25) is 0 Å². The summed E-state index contributed by atoms with van der Waals surface area (Å²) in [4.78, 5) is 13.7. The van der Waals surface area contributed by atoms with Crippen molar-refractivity contribution in [1.82, 2.24) is 0 Å². The van der Waals surface area contributed by atoms with Gasteiger partial charge in [-0.05, 0) is 19.8 Å². The van der Waals surface area contributed by atoms with Crippen molar-refractivity contribution in [3.63, 3.8) is 0 Å². The van der Waals surface area contributed by atoms with E-state index in [1.165, 1.54) is 0 Å². The van der Waals surface area contributed by atoms with Crippen LogP contribution in [0.1, 0.15) is 26.2 Å². The first-order valence-corrected chi connectivity index (χ1v) is 3.19.